The van der Waals surface area contributed by atoms with Crippen LogP contribution in [-0.2, 0) is 24.1 Å². The minimum Gasteiger partial charge on any atom is -0.396 e. The second kappa shape index (κ2) is 5.36. The third-order valence-electron chi connectivity index (χ3n) is 3.96. The van der Waals surface area contributed by atoms with Crippen molar-refractivity contribution in [3.05, 3.63) is 11.6 Å². The average Bonchev–Trinajstić information content (AvgIpc) is 2.80. The maximum absolute atomic E-state index is 9.21. The Kier molecular flexibility index (Phi) is 3.61. The van der Waals surface area contributed by atoms with Crippen molar-refractivity contribution in [3.8, 4) is 0 Å². The van der Waals surface area contributed by atoms with Gasteiger partial charge < -0.3 is 9.84 Å². The standard InChI is InChI=1S/C13H21N3O2/c17-9-10-4-5-16-13(7-10)14-12(15-16)8-11-3-1-2-6-18-11/h10-11,17H,1-9H2. The van der Waals surface area contributed by atoms with E-state index < -0.39 is 0 Å². The van der Waals surface area contributed by atoms with Crippen LogP contribution in [0.4, 0.5) is 0 Å². The van der Waals surface area contributed by atoms with Crippen molar-refractivity contribution >= 4 is 0 Å². The summed E-state index contributed by atoms with van der Waals surface area (Å²) in [6.45, 7) is 2.03. The fourth-order valence-corrected chi connectivity index (χ4v) is 2.84. The molecule has 1 saturated heterocycles. The van der Waals surface area contributed by atoms with Gasteiger partial charge in [0.1, 0.15) is 5.82 Å². The molecule has 1 aromatic rings. The van der Waals surface area contributed by atoms with Gasteiger partial charge in [-0.05, 0) is 31.6 Å². The molecular formula is C13H21N3O2. The Morgan fingerprint density at radius 2 is 2.28 bits per heavy atom. The van der Waals surface area contributed by atoms with E-state index in [0.29, 0.717) is 12.0 Å². The molecule has 0 aliphatic carbocycles. The normalized spacial score (nSPS) is 28.1. The van der Waals surface area contributed by atoms with E-state index in [4.69, 9.17) is 4.74 Å². The summed E-state index contributed by atoms with van der Waals surface area (Å²) in [4.78, 5) is 4.60. The van der Waals surface area contributed by atoms with Crippen molar-refractivity contribution in [3.63, 3.8) is 0 Å². The summed E-state index contributed by atoms with van der Waals surface area (Å²) in [5, 5.41) is 13.8. The van der Waals surface area contributed by atoms with E-state index in [2.05, 4.69) is 10.1 Å². The van der Waals surface area contributed by atoms with Crippen LogP contribution in [0, 0.1) is 5.92 Å². The number of fused-ring (bicyclic) bond motifs is 1. The number of hydrogen-bond donors (Lipinski definition) is 1. The van der Waals surface area contributed by atoms with Gasteiger partial charge in [-0.3, -0.25) is 0 Å². The molecule has 0 spiro atoms. The first-order valence-electron chi connectivity index (χ1n) is 7.00. The summed E-state index contributed by atoms with van der Waals surface area (Å²) in [5.74, 6) is 2.31. The lowest BCUT2D eigenvalue weighted by molar-refractivity contribution is 0.0156. The van der Waals surface area contributed by atoms with Gasteiger partial charge in [0, 0.05) is 32.6 Å². The molecule has 3 rings (SSSR count). The lowest BCUT2D eigenvalue weighted by Crippen LogP contribution is -2.22. The molecule has 5 heteroatoms. The van der Waals surface area contributed by atoms with Crippen molar-refractivity contribution < 1.29 is 9.84 Å². The Morgan fingerprint density at radius 1 is 1.33 bits per heavy atom. The molecule has 2 aliphatic heterocycles. The third kappa shape index (κ3) is 2.57. The van der Waals surface area contributed by atoms with E-state index in [-0.39, 0.29) is 6.61 Å². The minimum atomic E-state index is 0.258. The highest BCUT2D eigenvalue weighted by Gasteiger charge is 2.23. The Labute approximate surface area is 107 Å². The van der Waals surface area contributed by atoms with Gasteiger partial charge in [-0.1, -0.05) is 0 Å². The summed E-state index contributed by atoms with van der Waals surface area (Å²) in [6.07, 6.45) is 6.57. The Hall–Kier alpha value is -0.940. The smallest absolute Gasteiger partial charge is 0.153 e. The van der Waals surface area contributed by atoms with Gasteiger partial charge in [0.25, 0.3) is 0 Å². The van der Waals surface area contributed by atoms with Gasteiger partial charge in [0.15, 0.2) is 5.82 Å². The summed E-state index contributed by atoms with van der Waals surface area (Å²) in [7, 11) is 0. The number of nitrogens with zero attached hydrogens (tertiary/aromatic N) is 3. The van der Waals surface area contributed by atoms with Crippen LogP contribution in [0.15, 0.2) is 0 Å². The van der Waals surface area contributed by atoms with E-state index in [9.17, 15) is 5.11 Å². The molecular weight excluding hydrogens is 230 g/mol. The van der Waals surface area contributed by atoms with Crippen molar-refractivity contribution in [2.24, 2.45) is 5.92 Å². The average molecular weight is 251 g/mol. The van der Waals surface area contributed by atoms with Crippen LogP contribution in [0.25, 0.3) is 0 Å². The quantitative estimate of drug-likeness (QED) is 0.868. The zero-order chi connectivity index (χ0) is 12.4. The van der Waals surface area contributed by atoms with E-state index >= 15 is 0 Å². The first-order valence-corrected chi connectivity index (χ1v) is 7.00. The summed E-state index contributed by atoms with van der Waals surface area (Å²) in [5.41, 5.74) is 0. The fourth-order valence-electron chi connectivity index (χ4n) is 2.84. The van der Waals surface area contributed by atoms with E-state index in [1.807, 2.05) is 4.68 Å². The number of aryl methyl sites for hydroxylation is 1. The summed E-state index contributed by atoms with van der Waals surface area (Å²) in [6, 6.07) is 0. The van der Waals surface area contributed by atoms with Gasteiger partial charge in [0.2, 0.25) is 0 Å². The number of rotatable bonds is 3. The van der Waals surface area contributed by atoms with Gasteiger partial charge in [-0.2, -0.15) is 5.10 Å². The zero-order valence-electron chi connectivity index (χ0n) is 10.7. The second-order valence-electron chi connectivity index (χ2n) is 5.40. The van der Waals surface area contributed by atoms with Crippen molar-refractivity contribution in [2.45, 2.75) is 51.2 Å². The third-order valence-corrected chi connectivity index (χ3v) is 3.96. The largest absolute Gasteiger partial charge is 0.396 e. The highest BCUT2D eigenvalue weighted by Crippen LogP contribution is 2.20. The lowest BCUT2D eigenvalue weighted by Gasteiger charge is -2.21. The second-order valence-corrected chi connectivity index (χ2v) is 5.40. The number of ether oxygens (including phenoxy) is 1. The van der Waals surface area contributed by atoms with Crippen molar-refractivity contribution in [1.82, 2.24) is 14.8 Å². The molecule has 1 N–H and O–H groups in total. The number of aliphatic hydroxyl groups is 1. The number of hydrogen-bond acceptors (Lipinski definition) is 4. The maximum Gasteiger partial charge on any atom is 0.153 e. The minimum absolute atomic E-state index is 0.258. The molecule has 1 fully saturated rings. The molecule has 2 atom stereocenters. The van der Waals surface area contributed by atoms with Gasteiger partial charge in [0.05, 0.1) is 6.10 Å². The molecule has 0 amide bonds. The van der Waals surface area contributed by atoms with Crippen LogP contribution in [0.3, 0.4) is 0 Å². The molecule has 18 heavy (non-hydrogen) atoms. The highest BCUT2D eigenvalue weighted by molar-refractivity contribution is 4.99. The molecule has 100 valence electrons. The molecule has 5 nitrogen and oxygen atoms in total. The maximum atomic E-state index is 9.21. The molecule has 2 unspecified atom stereocenters. The lowest BCUT2D eigenvalue weighted by atomic mass is 9.99. The van der Waals surface area contributed by atoms with Crippen LogP contribution in [0.2, 0.25) is 0 Å². The summed E-state index contributed by atoms with van der Waals surface area (Å²) < 4.78 is 7.73. The molecule has 0 saturated carbocycles. The van der Waals surface area contributed by atoms with Crippen LogP contribution >= 0.6 is 0 Å². The van der Waals surface area contributed by atoms with E-state index in [1.165, 1.54) is 12.8 Å². The molecule has 1 aromatic heterocycles. The van der Waals surface area contributed by atoms with Gasteiger partial charge in [-0.25, -0.2) is 9.67 Å². The first kappa shape index (κ1) is 12.1. The monoisotopic (exact) mass is 251 g/mol. The topological polar surface area (TPSA) is 60.2 Å². The van der Waals surface area contributed by atoms with Gasteiger partial charge in [-0.15, -0.1) is 0 Å². The van der Waals surface area contributed by atoms with Crippen LogP contribution < -0.4 is 0 Å². The van der Waals surface area contributed by atoms with Crippen LogP contribution in [-0.4, -0.2) is 39.2 Å². The molecule has 3 heterocycles. The first-order chi connectivity index (χ1) is 8.85. The molecule has 0 bridgehead atoms. The van der Waals surface area contributed by atoms with Crippen molar-refractivity contribution in [2.75, 3.05) is 13.2 Å². The SMILES string of the molecule is OCC1CCn2nc(CC3CCCCO3)nc2C1. The van der Waals surface area contributed by atoms with Crippen LogP contribution in [0.1, 0.15) is 37.3 Å². The molecule has 0 aromatic carbocycles. The van der Waals surface area contributed by atoms with E-state index in [1.54, 1.807) is 0 Å². The predicted molar refractivity (Wildman–Crippen MR) is 66.2 cm³/mol. The Bertz CT molecular complexity index is 399. The van der Waals surface area contributed by atoms with Crippen molar-refractivity contribution in [1.29, 1.82) is 0 Å². The zero-order valence-corrected chi connectivity index (χ0v) is 10.7. The Morgan fingerprint density at radius 3 is 3.06 bits per heavy atom. The highest BCUT2D eigenvalue weighted by atomic mass is 16.5. The van der Waals surface area contributed by atoms with E-state index in [0.717, 1.165) is 50.5 Å². The number of aromatic nitrogens is 3. The number of aliphatic hydroxyl groups excluding tert-OH is 1. The summed E-state index contributed by atoms with van der Waals surface area (Å²) >= 11 is 0. The predicted octanol–water partition coefficient (Wildman–Crippen LogP) is 0.944. The Balaban J connectivity index is 1.65. The fraction of sp³-hybridized carbons (Fsp3) is 0.846. The van der Waals surface area contributed by atoms with Crippen LogP contribution in [0.5, 0.6) is 0 Å². The molecule has 2 aliphatic rings. The van der Waals surface area contributed by atoms with Gasteiger partial charge >= 0.3 is 0 Å². The molecule has 0 radical (unpaired) electrons.